The largest absolute Gasteiger partial charge is 0.359 e. The molecule has 0 saturated heterocycles. The van der Waals surface area contributed by atoms with Crippen molar-refractivity contribution in [3.05, 3.63) is 48.6 Å². The Morgan fingerprint density at radius 2 is 2.00 bits per heavy atom. The quantitative estimate of drug-likeness (QED) is 0.354. The summed E-state index contributed by atoms with van der Waals surface area (Å²) in [4.78, 5) is 0. The van der Waals surface area contributed by atoms with E-state index in [-0.39, 0.29) is 6.10 Å². The summed E-state index contributed by atoms with van der Waals surface area (Å²) in [6.07, 6.45) is 7.66. The van der Waals surface area contributed by atoms with Gasteiger partial charge < -0.3 is 9.47 Å². The summed E-state index contributed by atoms with van der Waals surface area (Å²) < 4.78 is 10.5. The number of aryl methyl sites for hydroxylation is 1. The Morgan fingerprint density at radius 1 is 1.22 bits per heavy atom. The minimum Gasteiger partial charge on any atom is -0.359 e. The topological polar surface area (TPSA) is 18.5 Å². The molecule has 1 atom stereocenters. The van der Waals surface area contributed by atoms with E-state index in [1.54, 1.807) is 7.11 Å². The highest BCUT2D eigenvalue weighted by Crippen LogP contribution is 2.12. The lowest BCUT2D eigenvalue weighted by Gasteiger charge is -2.15. The van der Waals surface area contributed by atoms with E-state index in [0.29, 0.717) is 6.79 Å². The summed E-state index contributed by atoms with van der Waals surface area (Å²) in [5, 5.41) is 0. The fraction of sp³-hybridized carbons (Fsp3) is 0.500. The smallest absolute Gasteiger partial charge is 0.146 e. The van der Waals surface area contributed by atoms with Crippen LogP contribution in [0.5, 0.6) is 0 Å². The molecular formula is C16H24O2. The van der Waals surface area contributed by atoms with Crippen LogP contribution in [0.15, 0.2) is 43.0 Å². The average Bonchev–Trinajstić information content (AvgIpc) is 2.42. The number of hydrogen-bond donors (Lipinski definition) is 0. The highest BCUT2D eigenvalue weighted by atomic mass is 16.7. The molecule has 0 N–H and O–H groups in total. The summed E-state index contributed by atoms with van der Waals surface area (Å²) in [6.45, 7) is 4.14. The van der Waals surface area contributed by atoms with Gasteiger partial charge in [0.2, 0.25) is 0 Å². The van der Waals surface area contributed by atoms with E-state index in [4.69, 9.17) is 9.47 Å². The third kappa shape index (κ3) is 6.58. The minimum absolute atomic E-state index is 0.248. The maximum atomic E-state index is 5.59. The Balaban J connectivity index is 2.16. The normalized spacial score (nSPS) is 12.3. The average molecular weight is 248 g/mol. The molecule has 0 aliphatic carbocycles. The van der Waals surface area contributed by atoms with Crippen molar-refractivity contribution in [1.29, 1.82) is 0 Å². The molecule has 0 aliphatic heterocycles. The molecule has 0 aliphatic rings. The first-order chi connectivity index (χ1) is 8.86. The molecule has 0 aromatic heterocycles. The second-order valence-corrected chi connectivity index (χ2v) is 4.45. The van der Waals surface area contributed by atoms with E-state index in [1.165, 1.54) is 18.4 Å². The third-order valence-corrected chi connectivity index (χ3v) is 2.94. The summed E-state index contributed by atoms with van der Waals surface area (Å²) in [7, 11) is 1.65. The van der Waals surface area contributed by atoms with Gasteiger partial charge in [-0.1, -0.05) is 42.8 Å². The fourth-order valence-corrected chi connectivity index (χ4v) is 1.97. The molecule has 1 aromatic carbocycles. The number of ether oxygens (including phenoxy) is 2. The first kappa shape index (κ1) is 14.9. The molecule has 100 valence electrons. The summed E-state index contributed by atoms with van der Waals surface area (Å²) in [5.41, 5.74) is 1.41. The van der Waals surface area contributed by atoms with Crippen LogP contribution >= 0.6 is 0 Å². The Morgan fingerprint density at radius 3 is 2.67 bits per heavy atom. The second-order valence-electron chi connectivity index (χ2n) is 4.45. The van der Waals surface area contributed by atoms with Crippen LogP contribution in [0.25, 0.3) is 0 Å². The maximum absolute atomic E-state index is 5.59. The zero-order valence-electron chi connectivity index (χ0n) is 11.3. The van der Waals surface area contributed by atoms with Crippen molar-refractivity contribution in [2.45, 2.75) is 38.2 Å². The number of benzene rings is 1. The third-order valence-electron chi connectivity index (χ3n) is 2.94. The van der Waals surface area contributed by atoms with Gasteiger partial charge in [-0.3, -0.25) is 0 Å². The molecule has 2 nitrogen and oxygen atoms in total. The van der Waals surface area contributed by atoms with Crippen LogP contribution < -0.4 is 0 Å². The number of rotatable bonds is 10. The molecule has 0 heterocycles. The number of unbranched alkanes of at least 4 members (excludes halogenated alkanes) is 1. The molecule has 1 rings (SSSR count). The van der Waals surface area contributed by atoms with Crippen LogP contribution in [-0.4, -0.2) is 20.0 Å². The Bertz CT molecular complexity index is 308. The van der Waals surface area contributed by atoms with Gasteiger partial charge >= 0.3 is 0 Å². The molecule has 0 unspecified atom stereocenters. The first-order valence-electron chi connectivity index (χ1n) is 6.62. The van der Waals surface area contributed by atoms with E-state index in [9.17, 15) is 0 Å². The van der Waals surface area contributed by atoms with Gasteiger partial charge in [0.15, 0.2) is 0 Å². The Kier molecular flexibility index (Phi) is 8.19. The van der Waals surface area contributed by atoms with E-state index in [0.717, 1.165) is 19.3 Å². The molecule has 2 heteroatoms. The zero-order valence-corrected chi connectivity index (χ0v) is 11.3. The lowest BCUT2D eigenvalue weighted by Crippen LogP contribution is -2.13. The molecule has 0 bridgehead atoms. The van der Waals surface area contributed by atoms with E-state index in [2.05, 4.69) is 36.9 Å². The number of hydrogen-bond acceptors (Lipinski definition) is 2. The van der Waals surface area contributed by atoms with Crippen molar-refractivity contribution >= 4 is 0 Å². The maximum Gasteiger partial charge on any atom is 0.146 e. The SMILES string of the molecule is C=CC[C@@H](CCCCc1ccccc1)OCOC. The highest BCUT2D eigenvalue weighted by Gasteiger charge is 2.06. The van der Waals surface area contributed by atoms with Gasteiger partial charge in [-0.15, -0.1) is 6.58 Å². The van der Waals surface area contributed by atoms with E-state index < -0.39 is 0 Å². The van der Waals surface area contributed by atoms with Crippen LogP contribution in [0.2, 0.25) is 0 Å². The molecule has 1 aromatic rings. The van der Waals surface area contributed by atoms with Crippen molar-refractivity contribution in [2.24, 2.45) is 0 Å². The standard InChI is InChI=1S/C16H24O2/c1-3-9-16(18-14-17-2)13-8-7-12-15-10-5-4-6-11-15/h3-6,10-11,16H,1,7-9,12-14H2,2H3/t16-/m0/s1. The van der Waals surface area contributed by atoms with Gasteiger partial charge in [0.1, 0.15) is 6.79 Å². The molecule has 0 amide bonds. The second kappa shape index (κ2) is 9.86. The molecule has 0 spiro atoms. The molecule has 0 radical (unpaired) electrons. The van der Waals surface area contributed by atoms with Gasteiger partial charge in [-0.05, 0) is 31.2 Å². The van der Waals surface area contributed by atoms with E-state index in [1.807, 2.05) is 6.08 Å². The van der Waals surface area contributed by atoms with E-state index >= 15 is 0 Å². The molecule has 0 fully saturated rings. The van der Waals surface area contributed by atoms with Crippen LogP contribution in [0.3, 0.4) is 0 Å². The first-order valence-corrected chi connectivity index (χ1v) is 6.62. The highest BCUT2D eigenvalue weighted by molar-refractivity contribution is 5.14. The van der Waals surface area contributed by atoms with Gasteiger partial charge in [0.05, 0.1) is 6.10 Å². The predicted molar refractivity (Wildman–Crippen MR) is 75.6 cm³/mol. The van der Waals surface area contributed by atoms with Gasteiger partial charge in [0.25, 0.3) is 0 Å². The van der Waals surface area contributed by atoms with Crippen molar-refractivity contribution < 1.29 is 9.47 Å². The summed E-state index contributed by atoms with van der Waals surface area (Å²) >= 11 is 0. The van der Waals surface area contributed by atoms with Crippen molar-refractivity contribution in [1.82, 2.24) is 0 Å². The van der Waals surface area contributed by atoms with Crippen LogP contribution in [0.4, 0.5) is 0 Å². The predicted octanol–water partition coefficient (Wildman–Crippen LogP) is 3.96. The number of methoxy groups -OCH3 is 1. The monoisotopic (exact) mass is 248 g/mol. The molecule has 18 heavy (non-hydrogen) atoms. The van der Waals surface area contributed by atoms with Gasteiger partial charge in [0, 0.05) is 7.11 Å². The minimum atomic E-state index is 0.248. The zero-order chi connectivity index (χ0) is 13.1. The van der Waals surface area contributed by atoms with Crippen LogP contribution in [-0.2, 0) is 15.9 Å². The van der Waals surface area contributed by atoms with Crippen molar-refractivity contribution in [2.75, 3.05) is 13.9 Å². The lowest BCUT2D eigenvalue weighted by atomic mass is 10.0. The van der Waals surface area contributed by atoms with Crippen molar-refractivity contribution in [3.63, 3.8) is 0 Å². The van der Waals surface area contributed by atoms with Gasteiger partial charge in [-0.2, -0.15) is 0 Å². The summed E-state index contributed by atoms with van der Waals surface area (Å²) in [5.74, 6) is 0. The molecular weight excluding hydrogens is 224 g/mol. The summed E-state index contributed by atoms with van der Waals surface area (Å²) in [6, 6.07) is 10.6. The fourth-order valence-electron chi connectivity index (χ4n) is 1.97. The Labute approximate surface area is 111 Å². The molecule has 0 saturated carbocycles. The van der Waals surface area contributed by atoms with Crippen LogP contribution in [0.1, 0.15) is 31.2 Å². The Hall–Kier alpha value is -1.12. The van der Waals surface area contributed by atoms with Crippen molar-refractivity contribution in [3.8, 4) is 0 Å². The van der Waals surface area contributed by atoms with Crippen LogP contribution in [0, 0.1) is 0 Å². The lowest BCUT2D eigenvalue weighted by molar-refractivity contribution is -0.0732. The van der Waals surface area contributed by atoms with Gasteiger partial charge in [-0.25, -0.2) is 0 Å².